The lowest BCUT2D eigenvalue weighted by molar-refractivity contribution is -0.148. The molecule has 0 bridgehead atoms. The zero-order chi connectivity index (χ0) is 17.6. The number of carboxylic acids is 1. The average molecular weight is 363 g/mol. The Morgan fingerprint density at radius 3 is 2.48 bits per heavy atom. The molecule has 25 heavy (non-hydrogen) atoms. The fourth-order valence-electron chi connectivity index (χ4n) is 4.91. The van der Waals surface area contributed by atoms with E-state index >= 15 is 0 Å². The Bertz CT molecular complexity index is 704. The van der Waals surface area contributed by atoms with E-state index in [1.807, 2.05) is 0 Å². The first-order chi connectivity index (χ1) is 12.0. The van der Waals surface area contributed by atoms with Gasteiger partial charge in [-0.25, -0.2) is 0 Å². The van der Waals surface area contributed by atoms with Crippen LogP contribution in [0.15, 0.2) is 24.3 Å². The second kappa shape index (κ2) is 6.29. The van der Waals surface area contributed by atoms with Crippen LogP contribution in [0.25, 0.3) is 0 Å². The van der Waals surface area contributed by atoms with Crippen LogP contribution in [0.3, 0.4) is 0 Å². The van der Waals surface area contributed by atoms with Crippen molar-refractivity contribution in [3.05, 3.63) is 34.9 Å². The minimum Gasteiger partial charge on any atom is -0.481 e. The molecular weight excluding hydrogens is 340 g/mol. The topological polar surface area (TPSA) is 60.9 Å². The van der Waals surface area contributed by atoms with Gasteiger partial charge in [0.05, 0.1) is 10.6 Å². The van der Waals surface area contributed by atoms with Crippen LogP contribution in [0.1, 0.15) is 36.0 Å². The van der Waals surface area contributed by atoms with Crippen molar-refractivity contribution < 1.29 is 14.7 Å². The lowest BCUT2D eigenvalue weighted by atomic mass is 9.81. The molecule has 1 amide bonds. The average Bonchev–Trinajstić information content (AvgIpc) is 3.28. The monoisotopic (exact) mass is 362 g/mol. The lowest BCUT2D eigenvalue weighted by Gasteiger charge is -2.28. The fourth-order valence-corrected chi connectivity index (χ4v) is 5.13. The fraction of sp³-hybridized carbons (Fsp3) is 0.579. The van der Waals surface area contributed by atoms with Gasteiger partial charge in [0.1, 0.15) is 5.41 Å². The van der Waals surface area contributed by atoms with Gasteiger partial charge in [0.25, 0.3) is 5.91 Å². The van der Waals surface area contributed by atoms with Crippen molar-refractivity contribution in [2.75, 3.05) is 26.2 Å². The summed E-state index contributed by atoms with van der Waals surface area (Å²) in [6.45, 7) is 2.12. The number of benzene rings is 1. The van der Waals surface area contributed by atoms with E-state index in [1.54, 1.807) is 29.2 Å². The van der Waals surface area contributed by atoms with Crippen LogP contribution < -0.4 is 0 Å². The molecule has 3 fully saturated rings. The van der Waals surface area contributed by atoms with Crippen LogP contribution in [0, 0.1) is 11.3 Å². The third kappa shape index (κ3) is 2.74. The number of fused-ring (bicyclic) bond motifs is 1. The highest BCUT2D eigenvalue weighted by atomic mass is 35.5. The number of hydrogen-bond donors (Lipinski definition) is 1. The summed E-state index contributed by atoms with van der Waals surface area (Å²) in [5, 5.41) is 10.4. The molecule has 0 aromatic heterocycles. The number of rotatable bonds is 3. The highest BCUT2D eigenvalue weighted by Crippen LogP contribution is 2.45. The summed E-state index contributed by atoms with van der Waals surface area (Å²) < 4.78 is 0. The molecule has 134 valence electrons. The van der Waals surface area contributed by atoms with Crippen molar-refractivity contribution in [1.82, 2.24) is 9.80 Å². The highest BCUT2D eigenvalue weighted by molar-refractivity contribution is 6.33. The zero-order valence-corrected chi connectivity index (χ0v) is 14.9. The molecule has 6 heteroatoms. The highest BCUT2D eigenvalue weighted by Gasteiger charge is 2.59. The number of nitrogens with zero attached hydrogens (tertiary/aromatic N) is 2. The summed E-state index contributed by atoms with van der Waals surface area (Å²) in [4.78, 5) is 29.0. The van der Waals surface area contributed by atoms with Gasteiger partial charge >= 0.3 is 5.97 Å². The largest absolute Gasteiger partial charge is 0.481 e. The van der Waals surface area contributed by atoms with Crippen molar-refractivity contribution >= 4 is 23.5 Å². The molecule has 4 rings (SSSR count). The predicted octanol–water partition coefficient (Wildman–Crippen LogP) is 2.74. The molecule has 1 aromatic rings. The molecule has 2 heterocycles. The minimum absolute atomic E-state index is 0.00274. The lowest BCUT2D eigenvalue weighted by Crippen LogP contribution is -2.43. The van der Waals surface area contributed by atoms with Gasteiger partial charge in [-0.3, -0.25) is 14.5 Å². The third-order valence-electron chi connectivity index (χ3n) is 6.29. The minimum atomic E-state index is -0.834. The molecule has 0 spiro atoms. The van der Waals surface area contributed by atoms with Gasteiger partial charge in [0.15, 0.2) is 0 Å². The Kier molecular flexibility index (Phi) is 4.24. The maximum absolute atomic E-state index is 12.8. The van der Waals surface area contributed by atoms with E-state index in [9.17, 15) is 14.7 Å². The normalized spacial score (nSPS) is 30.0. The molecule has 2 saturated heterocycles. The Hall–Kier alpha value is -1.59. The molecule has 2 atom stereocenters. The third-order valence-corrected chi connectivity index (χ3v) is 6.62. The molecule has 1 N–H and O–H groups in total. The SMILES string of the molecule is O=C(c1ccccc1Cl)N1C[C@@H]2CN(C3CCCC3)C[C@]2(C(=O)O)C1. The van der Waals surface area contributed by atoms with Gasteiger partial charge in [-0.05, 0) is 25.0 Å². The number of likely N-dealkylation sites (tertiary alicyclic amines) is 2. The predicted molar refractivity (Wildman–Crippen MR) is 94.7 cm³/mol. The van der Waals surface area contributed by atoms with Gasteiger partial charge in [-0.15, -0.1) is 0 Å². The first kappa shape index (κ1) is 16.9. The zero-order valence-electron chi connectivity index (χ0n) is 14.2. The van der Waals surface area contributed by atoms with Crippen molar-refractivity contribution in [2.24, 2.45) is 11.3 Å². The van der Waals surface area contributed by atoms with E-state index in [0.29, 0.717) is 29.7 Å². The van der Waals surface area contributed by atoms with E-state index in [4.69, 9.17) is 11.6 Å². The molecule has 0 radical (unpaired) electrons. The summed E-state index contributed by atoms with van der Waals surface area (Å²) >= 11 is 6.15. The van der Waals surface area contributed by atoms with Crippen molar-refractivity contribution in [3.8, 4) is 0 Å². The van der Waals surface area contributed by atoms with Crippen LogP contribution in [0.4, 0.5) is 0 Å². The van der Waals surface area contributed by atoms with Gasteiger partial charge < -0.3 is 10.0 Å². The Morgan fingerprint density at radius 2 is 1.84 bits per heavy atom. The summed E-state index contributed by atoms with van der Waals surface area (Å²) in [5.41, 5.74) is -0.378. The molecule has 3 aliphatic rings. The van der Waals surface area contributed by atoms with Crippen molar-refractivity contribution in [3.63, 3.8) is 0 Å². The van der Waals surface area contributed by atoms with Crippen LogP contribution in [0.5, 0.6) is 0 Å². The second-order valence-corrected chi connectivity index (χ2v) is 8.10. The van der Waals surface area contributed by atoms with E-state index in [2.05, 4.69) is 4.90 Å². The molecule has 0 unspecified atom stereocenters. The summed E-state index contributed by atoms with van der Waals surface area (Å²) in [7, 11) is 0. The maximum atomic E-state index is 12.8. The Labute approximate surface area is 152 Å². The maximum Gasteiger partial charge on any atom is 0.313 e. The number of aliphatic carboxylic acids is 1. The van der Waals surface area contributed by atoms with Crippen molar-refractivity contribution in [2.45, 2.75) is 31.7 Å². The number of carboxylic acid groups (broad SMARTS) is 1. The van der Waals surface area contributed by atoms with Crippen LogP contribution in [-0.2, 0) is 4.79 Å². The number of carbonyl (C=O) groups excluding carboxylic acids is 1. The summed E-state index contributed by atoms with van der Waals surface area (Å²) in [6.07, 6.45) is 4.82. The molecule has 1 saturated carbocycles. The first-order valence-electron chi connectivity index (χ1n) is 9.02. The van der Waals surface area contributed by atoms with Gasteiger partial charge in [-0.1, -0.05) is 36.6 Å². The number of amides is 1. The Balaban J connectivity index is 1.54. The van der Waals surface area contributed by atoms with Gasteiger partial charge in [0.2, 0.25) is 0 Å². The first-order valence-corrected chi connectivity index (χ1v) is 9.40. The van der Waals surface area contributed by atoms with E-state index in [0.717, 1.165) is 6.54 Å². The Morgan fingerprint density at radius 1 is 1.12 bits per heavy atom. The molecule has 5 nitrogen and oxygen atoms in total. The van der Waals surface area contributed by atoms with Crippen molar-refractivity contribution in [1.29, 1.82) is 0 Å². The van der Waals surface area contributed by atoms with Crippen LogP contribution in [-0.4, -0.2) is 59.0 Å². The number of hydrogen-bond acceptors (Lipinski definition) is 3. The molecule has 2 aliphatic heterocycles. The molecule has 1 aliphatic carbocycles. The van der Waals surface area contributed by atoms with Gasteiger partial charge in [-0.2, -0.15) is 0 Å². The molecule has 1 aromatic carbocycles. The van der Waals surface area contributed by atoms with E-state index in [1.165, 1.54) is 25.7 Å². The van der Waals surface area contributed by atoms with E-state index < -0.39 is 11.4 Å². The number of carbonyl (C=O) groups is 2. The van der Waals surface area contributed by atoms with Gasteiger partial charge in [0, 0.05) is 38.1 Å². The summed E-state index contributed by atoms with van der Waals surface area (Å²) in [5.74, 6) is -0.933. The van der Waals surface area contributed by atoms with Crippen LogP contribution >= 0.6 is 11.6 Å². The number of halogens is 1. The molecular formula is C19H23ClN2O3. The smallest absolute Gasteiger partial charge is 0.313 e. The standard InChI is InChI=1S/C19H23ClN2O3/c20-16-8-4-3-7-15(16)17(23)22-10-13-9-21(14-5-1-2-6-14)11-19(13,12-22)18(24)25/h3-4,7-8,13-14H,1-2,5-6,9-12H2,(H,24,25)/t13-,19-/m0/s1. The summed E-state index contributed by atoms with van der Waals surface area (Å²) in [6, 6.07) is 7.49. The van der Waals surface area contributed by atoms with E-state index in [-0.39, 0.29) is 18.4 Å². The quantitative estimate of drug-likeness (QED) is 0.898. The second-order valence-electron chi connectivity index (χ2n) is 7.69. The van der Waals surface area contributed by atoms with Crippen LogP contribution in [0.2, 0.25) is 5.02 Å².